The second-order valence-corrected chi connectivity index (χ2v) is 28.8. The lowest BCUT2D eigenvalue weighted by Gasteiger charge is -2.21. The molecule has 5 atom stereocenters. The first-order chi connectivity index (χ1) is 51.7. The number of esters is 4. The molecule has 5 unspecified atom stereocenters. The molecule has 0 heterocycles. The van der Waals surface area contributed by atoms with Gasteiger partial charge in [-0.25, -0.2) is 9.13 Å². The Morgan fingerprint density at radius 2 is 0.500 bits per heavy atom. The van der Waals surface area contributed by atoms with Gasteiger partial charge >= 0.3 is 39.5 Å². The SMILES string of the molecule is CC/C=C\C/C=C\C/C=C\C/C=C\C/C=C\CCCC(=O)OCC(COP(=O)(O)OCC(O)COP(=O)(O)OCC(COC(=O)CCC/C=C\C/C=C\C/C=C\C/C=C\C/C=C\CC)OC(=O)CCCCCCC/C=C\CCCCCCCC)OC(=O)CCCCCC/C=C\C/C=C\C/C=C\C/C=C\CC. The third kappa shape index (κ3) is 76.4. The molecule has 0 radical (unpaired) electrons. The monoisotopic (exact) mass is 1520 g/mol. The molecule has 17 nitrogen and oxygen atoms in total. The van der Waals surface area contributed by atoms with Gasteiger partial charge in [0.25, 0.3) is 0 Å². The molecule has 0 aliphatic rings. The molecule has 0 aliphatic heterocycles. The van der Waals surface area contributed by atoms with Crippen molar-refractivity contribution in [2.45, 2.75) is 303 Å². The lowest BCUT2D eigenvalue weighted by molar-refractivity contribution is -0.161. The smallest absolute Gasteiger partial charge is 0.462 e. The number of aliphatic hydroxyl groups excluding tert-OH is 1. The zero-order chi connectivity index (χ0) is 77.4. The number of ether oxygens (including phenoxy) is 4. The van der Waals surface area contributed by atoms with E-state index in [0.29, 0.717) is 38.5 Å². The summed E-state index contributed by atoms with van der Waals surface area (Å²) in [6.07, 6.45) is 93.1. The summed E-state index contributed by atoms with van der Waals surface area (Å²) < 4.78 is 68.5. The van der Waals surface area contributed by atoms with Crippen molar-refractivity contribution in [1.29, 1.82) is 0 Å². The molecule has 0 aromatic rings. The van der Waals surface area contributed by atoms with E-state index >= 15 is 0 Å². The zero-order valence-electron chi connectivity index (χ0n) is 65.5. The molecule has 0 saturated heterocycles. The summed E-state index contributed by atoms with van der Waals surface area (Å²) in [4.78, 5) is 73.0. The Labute approximate surface area is 641 Å². The van der Waals surface area contributed by atoms with Crippen molar-refractivity contribution in [3.8, 4) is 0 Å². The fourth-order valence-electron chi connectivity index (χ4n) is 9.86. The number of hydrogen-bond donors (Lipinski definition) is 3. The number of unbranched alkanes of at least 4 members (excludes halogenated alkanes) is 17. The normalized spacial score (nSPS) is 14.8. The predicted molar refractivity (Wildman–Crippen MR) is 436 cm³/mol. The summed E-state index contributed by atoms with van der Waals surface area (Å²) in [6, 6.07) is 0. The lowest BCUT2D eigenvalue weighted by Crippen LogP contribution is -2.30. The number of phosphoric ester groups is 2. The summed E-state index contributed by atoms with van der Waals surface area (Å²) in [7, 11) is -10.0. The summed E-state index contributed by atoms with van der Waals surface area (Å²) in [5.41, 5.74) is 0. The van der Waals surface area contributed by atoms with E-state index < -0.39 is 97.5 Å². The topological polar surface area (TPSA) is 237 Å². The molecule has 0 saturated carbocycles. The average Bonchev–Trinajstić information content (AvgIpc) is 0.902. The highest BCUT2D eigenvalue weighted by Gasteiger charge is 2.30. The largest absolute Gasteiger partial charge is 0.472 e. The summed E-state index contributed by atoms with van der Waals surface area (Å²) in [6.45, 7) is 4.34. The lowest BCUT2D eigenvalue weighted by atomic mass is 10.1. The summed E-state index contributed by atoms with van der Waals surface area (Å²) >= 11 is 0. The van der Waals surface area contributed by atoms with Crippen LogP contribution in [0.1, 0.15) is 285 Å². The average molecular weight is 1520 g/mol. The van der Waals surface area contributed by atoms with E-state index in [4.69, 9.17) is 37.0 Å². The van der Waals surface area contributed by atoms with Crippen molar-refractivity contribution in [1.82, 2.24) is 0 Å². The molecule has 106 heavy (non-hydrogen) atoms. The minimum Gasteiger partial charge on any atom is -0.462 e. The van der Waals surface area contributed by atoms with Crippen LogP contribution < -0.4 is 0 Å². The minimum atomic E-state index is -5.01. The molecule has 0 aromatic heterocycles. The maximum Gasteiger partial charge on any atom is 0.472 e. The van der Waals surface area contributed by atoms with Crippen LogP contribution >= 0.6 is 15.6 Å². The van der Waals surface area contributed by atoms with Gasteiger partial charge in [0.2, 0.25) is 0 Å². The summed E-state index contributed by atoms with van der Waals surface area (Å²) in [5.74, 6) is -2.36. The van der Waals surface area contributed by atoms with E-state index in [1.54, 1.807) is 0 Å². The standard InChI is InChI=1S/C87H140O17P2/c1-5-9-13-17-21-25-29-33-37-40-44-47-51-55-59-63-67-71-84(89)97-77-82(103-86(91)73-69-65-61-57-53-49-43-36-32-28-24-20-16-12-8-4)79-101-105(93,94)99-75-81(88)76-100-106(95,96)102-80-83(104-87(92)74-70-66-62-58-54-50-46-42-39-35-31-27-23-19-15-11-7-3)78-98-85(90)72-68-64-60-56-52-48-45-41-38-34-30-26-22-18-14-10-6-2/h9-11,13-15,21-23,25-27,33-39,43-48,50,55-56,59-60,81-83,88H,5-8,12,16-20,24,28-32,40-42,49,51-54,57-58,61-80H2,1-4H3,(H,93,94)(H,95,96)/b13-9-,14-10-,15-11-,25-21-,26-22-,27-23-,37-33-,38-34-,39-35-,43-36-,47-44-,48-45-,50-46-,59-55-,60-56-. The third-order valence-electron chi connectivity index (χ3n) is 15.8. The van der Waals surface area contributed by atoms with Crippen molar-refractivity contribution in [3.63, 3.8) is 0 Å². The second-order valence-electron chi connectivity index (χ2n) is 25.9. The molecular weight excluding hydrogens is 1380 g/mol. The molecule has 0 aliphatic carbocycles. The van der Waals surface area contributed by atoms with Gasteiger partial charge in [-0.15, -0.1) is 0 Å². The zero-order valence-corrected chi connectivity index (χ0v) is 67.3. The Balaban J connectivity index is 5.52. The molecule has 3 N–H and O–H groups in total. The van der Waals surface area contributed by atoms with Crippen LogP contribution in [0.3, 0.4) is 0 Å². The number of allylic oxidation sites excluding steroid dienone is 30. The minimum absolute atomic E-state index is 0.0461. The van der Waals surface area contributed by atoms with Gasteiger partial charge in [-0.2, -0.15) is 0 Å². The van der Waals surface area contributed by atoms with E-state index in [-0.39, 0.29) is 25.7 Å². The van der Waals surface area contributed by atoms with Crippen LogP contribution in [0.5, 0.6) is 0 Å². The highest BCUT2D eigenvalue weighted by molar-refractivity contribution is 7.47. The van der Waals surface area contributed by atoms with Crippen molar-refractivity contribution in [3.05, 3.63) is 182 Å². The summed E-state index contributed by atoms with van der Waals surface area (Å²) in [5, 5.41) is 10.6. The Kier molecular flexibility index (Phi) is 73.1. The highest BCUT2D eigenvalue weighted by Crippen LogP contribution is 2.45. The molecule has 19 heteroatoms. The van der Waals surface area contributed by atoms with E-state index in [9.17, 15) is 43.2 Å². The Bertz CT molecular complexity index is 2730. The number of carbonyl (C=O) groups is 4. The number of rotatable bonds is 73. The first-order valence-electron chi connectivity index (χ1n) is 40.0. The van der Waals surface area contributed by atoms with E-state index in [0.717, 1.165) is 154 Å². The number of hydrogen-bond acceptors (Lipinski definition) is 15. The molecular formula is C87H140O17P2. The van der Waals surface area contributed by atoms with E-state index in [2.05, 4.69) is 186 Å². The van der Waals surface area contributed by atoms with Gasteiger partial charge in [0, 0.05) is 25.7 Å². The Hall–Kier alpha value is -5.84. The van der Waals surface area contributed by atoms with Crippen LogP contribution in [0.2, 0.25) is 0 Å². The molecule has 0 bridgehead atoms. The van der Waals surface area contributed by atoms with Crippen LogP contribution in [0.15, 0.2) is 182 Å². The highest BCUT2D eigenvalue weighted by atomic mass is 31.2. The Morgan fingerprint density at radius 1 is 0.274 bits per heavy atom. The van der Waals surface area contributed by atoms with Gasteiger partial charge in [-0.3, -0.25) is 37.3 Å². The van der Waals surface area contributed by atoms with Gasteiger partial charge in [-0.05, 0) is 167 Å². The van der Waals surface area contributed by atoms with Gasteiger partial charge < -0.3 is 33.8 Å². The second kappa shape index (κ2) is 77.3. The Morgan fingerprint density at radius 3 is 0.792 bits per heavy atom. The van der Waals surface area contributed by atoms with E-state index in [1.807, 2.05) is 24.3 Å². The van der Waals surface area contributed by atoms with E-state index in [1.165, 1.54) is 38.5 Å². The molecule has 0 aromatic carbocycles. The molecule has 0 rings (SSSR count). The van der Waals surface area contributed by atoms with Crippen molar-refractivity contribution in [2.75, 3.05) is 39.6 Å². The fraction of sp³-hybridized carbons (Fsp3) is 0.609. The maximum absolute atomic E-state index is 13.1. The predicted octanol–water partition coefficient (Wildman–Crippen LogP) is 23.6. The van der Waals surface area contributed by atoms with Gasteiger partial charge in [-0.1, -0.05) is 274 Å². The molecule has 600 valence electrons. The van der Waals surface area contributed by atoms with Crippen LogP contribution in [0.25, 0.3) is 0 Å². The van der Waals surface area contributed by atoms with Crippen molar-refractivity contribution >= 4 is 39.5 Å². The van der Waals surface area contributed by atoms with Crippen molar-refractivity contribution in [2.24, 2.45) is 0 Å². The quantitative estimate of drug-likeness (QED) is 0.0169. The van der Waals surface area contributed by atoms with Crippen molar-refractivity contribution < 1.29 is 80.2 Å². The third-order valence-corrected chi connectivity index (χ3v) is 17.7. The number of phosphoric acid groups is 2. The van der Waals surface area contributed by atoms with Crippen LogP contribution in [0.4, 0.5) is 0 Å². The van der Waals surface area contributed by atoms with Gasteiger partial charge in [0.05, 0.1) is 26.4 Å². The number of carbonyl (C=O) groups excluding carboxylic acids is 4. The molecule has 0 spiro atoms. The molecule has 0 fully saturated rings. The fourth-order valence-corrected chi connectivity index (χ4v) is 11.4. The first kappa shape index (κ1) is 100. The van der Waals surface area contributed by atoms with Gasteiger partial charge in [0.1, 0.15) is 19.3 Å². The molecule has 0 amide bonds. The van der Waals surface area contributed by atoms with Crippen LogP contribution in [-0.2, 0) is 65.4 Å². The van der Waals surface area contributed by atoms with Crippen LogP contribution in [0, 0.1) is 0 Å². The van der Waals surface area contributed by atoms with Crippen LogP contribution in [-0.4, -0.2) is 96.7 Å². The first-order valence-corrected chi connectivity index (χ1v) is 43.0. The van der Waals surface area contributed by atoms with Gasteiger partial charge in [0.15, 0.2) is 12.2 Å². The number of aliphatic hydroxyl groups is 1. The maximum atomic E-state index is 13.1.